The van der Waals surface area contributed by atoms with Gasteiger partial charge in [0.15, 0.2) is 0 Å². The van der Waals surface area contributed by atoms with E-state index in [4.69, 9.17) is 4.55 Å². The normalized spacial score (nSPS) is 12.2. The summed E-state index contributed by atoms with van der Waals surface area (Å²) in [4.78, 5) is 0. The van der Waals surface area contributed by atoms with Crippen LogP contribution in [-0.4, -0.2) is 15.8 Å². The predicted molar refractivity (Wildman–Crippen MR) is 52.1 cm³/mol. The van der Waals surface area contributed by atoms with Gasteiger partial charge in [0.2, 0.25) is 0 Å². The summed E-state index contributed by atoms with van der Waals surface area (Å²) >= 11 is -2.26. The first-order chi connectivity index (χ1) is 6.13. The third kappa shape index (κ3) is 2.71. The van der Waals surface area contributed by atoms with E-state index in [1.165, 1.54) is 0 Å². The molecule has 2 N–H and O–H groups in total. The lowest BCUT2D eigenvalue weighted by Gasteiger charge is -2.06. The van der Waals surface area contributed by atoms with E-state index in [1.54, 1.807) is 19.2 Å². The van der Waals surface area contributed by atoms with Gasteiger partial charge in [-0.1, -0.05) is 0 Å². The maximum atomic E-state index is 10.3. The van der Waals surface area contributed by atoms with Crippen LogP contribution in [0.3, 0.4) is 0 Å². The number of rotatable bonds is 3. The number of anilines is 1. The van der Waals surface area contributed by atoms with Gasteiger partial charge >= 0.3 is 11.4 Å². The summed E-state index contributed by atoms with van der Waals surface area (Å²) in [6.07, 6.45) is 0. The van der Waals surface area contributed by atoms with E-state index in [0.717, 1.165) is 11.3 Å². The number of benzene rings is 1. The molecule has 13 heavy (non-hydrogen) atoms. The van der Waals surface area contributed by atoms with Gasteiger partial charge in [0.1, 0.15) is 5.75 Å². The van der Waals surface area contributed by atoms with Crippen molar-refractivity contribution in [2.75, 3.05) is 12.4 Å². The lowest BCUT2D eigenvalue weighted by molar-refractivity contribution is 0.456. The van der Waals surface area contributed by atoms with Crippen molar-refractivity contribution in [3.05, 3.63) is 23.8 Å². The van der Waals surface area contributed by atoms with Crippen molar-refractivity contribution in [1.82, 2.24) is 0 Å². The Balaban J connectivity index is 2.91. The molecule has 5 heteroatoms. The second-order valence-electron chi connectivity index (χ2n) is 2.53. The van der Waals surface area contributed by atoms with Gasteiger partial charge in [0.05, 0.1) is 0 Å². The highest BCUT2D eigenvalue weighted by Crippen LogP contribution is 2.21. The van der Waals surface area contributed by atoms with Crippen LogP contribution in [0.5, 0.6) is 5.75 Å². The number of aryl methyl sites for hydroxylation is 1. The van der Waals surface area contributed by atoms with Gasteiger partial charge < -0.3 is 9.50 Å². The molecule has 0 fully saturated rings. The predicted octanol–water partition coefficient (Wildman–Crippen LogP) is 1.55. The Kier molecular flexibility index (Phi) is 3.27. The fourth-order valence-corrected chi connectivity index (χ4v) is 1.32. The van der Waals surface area contributed by atoms with E-state index in [9.17, 15) is 4.21 Å². The third-order valence-corrected chi connectivity index (χ3v) is 1.95. The molecule has 0 saturated heterocycles. The molecule has 1 rings (SSSR count). The van der Waals surface area contributed by atoms with Gasteiger partial charge in [0.25, 0.3) is 0 Å². The smallest absolute Gasteiger partial charge is 0.357 e. The molecular formula is C8H11NO3S. The van der Waals surface area contributed by atoms with Crippen molar-refractivity contribution in [1.29, 1.82) is 0 Å². The topological polar surface area (TPSA) is 58.6 Å². The summed E-state index contributed by atoms with van der Waals surface area (Å²) < 4.78 is 23.5. The Morgan fingerprint density at radius 1 is 1.54 bits per heavy atom. The Labute approximate surface area is 79.4 Å². The number of hydrogen-bond donors (Lipinski definition) is 2. The molecule has 1 unspecified atom stereocenters. The highest BCUT2D eigenvalue weighted by Gasteiger charge is 2.02. The molecule has 0 saturated carbocycles. The zero-order valence-electron chi connectivity index (χ0n) is 7.40. The molecule has 0 aliphatic carbocycles. The molecule has 1 atom stereocenters. The molecule has 0 aliphatic rings. The largest absolute Gasteiger partial charge is 0.388 e. The summed E-state index contributed by atoms with van der Waals surface area (Å²) in [5.41, 5.74) is 1.75. The van der Waals surface area contributed by atoms with Gasteiger partial charge in [-0.25, -0.2) is 0 Å². The van der Waals surface area contributed by atoms with Crippen LogP contribution in [0.1, 0.15) is 5.56 Å². The Hall–Kier alpha value is -1.07. The van der Waals surface area contributed by atoms with E-state index in [0.29, 0.717) is 5.75 Å². The molecule has 0 aliphatic heterocycles. The zero-order chi connectivity index (χ0) is 9.84. The standard InChI is InChI=1S/C8H11NO3S/c1-6-5-7(9-2)3-4-8(6)12-13(10)11/h3-5,9H,1-2H3,(H,10,11). The van der Waals surface area contributed by atoms with Crippen LogP contribution in [0.25, 0.3) is 0 Å². The highest BCUT2D eigenvalue weighted by atomic mass is 32.2. The van der Waals surface area contributed by atoms with Crippen molar-refractivity contribution in [2.24, 2.45) is 0 Å². The Morgan fingerprint density at radius 2 is 2.23 bits per heavy atom. The van der Waals surface area contributed by atoms with E-state index < -0.39 is 11.4 Å². The molecule has 0 heterocycles. The van der Waals surface area contributed by atoms with Crippen LogP contribution >= 0.6 is 0 Å². The molecule has 1 aromatic rings. The van der Waals surface area contributed by atoms with Crippen LogP contribution in [0.4, 0.5) is 5.69 Å². The van der Waals surface area contributed by atoms with E-state index >= 15 is 0 Å². The third-order valence-electron chi connectivity index (χ3n) is 1.62. The van der Waals surface area contributed by atoms with Crippen molar-refractivity contribution < 1.29 is 12.9 Å². The quantitative estimate of drug-likeness (QED) is 0.728. The summed E-state index contributed by atoms with van der Waals surface area (Å²) in [6.45, 7) is 1.81. The minimum Gasteiger partial charge on any atom is -0.388 e. The minimum absolute atomic E-state index is 0.417. The van der Waals surface area contributed by atoms with Gasteiger partial charge in [0, 0.05) is 12.7 Å². The molecular weight excluding hydrogens is 190 g/mol. The van der Waals surface area contributed by atoms with Crippen LogP contribution in [0, 0.1) is 6.92 Å². The van der Waals surface area contributed by atoms with Gasteiger partial charge in [-0.15, -0.1) is 0 Å². The summed E-state index contributed by atoms with van der Waals surface area (Å²) in [5, 5.41) is 2.95. The molecule has 0 bridgehead atoms. The minimum atomic E-state index is -2.26. The molecule has 0 amide bonds. The van der Waals surface area contributed by atoms with Crippen LogP contribution < -0.4 is 9.50 Å². The zero-order valence-corrected chi connectivity index (χ0v) is 8.22. The molecule has 0 radical (unpaired) electrons. The Morgan fingerprint density at radius 3 is 2.69 bits per heavy atom. The number of nitrogens with one attached hydrogen (secondary N) is 1. The first kappa shape index (κ1) is 10.0. The first-order valence-electron chi connectivity index (χ1n) is 3.71. The summed E-state index contributed by atoms with van der Waals surface area (Å²) in [7, 11) is 1.81. The maximum absolute atomic E-state index is 10.3. The fourth-order valence-electron chi connectivity index (χ4n) is 0.975. The molecule has 72 valence electrons. The molecule has 0 spiro atoms. The highest BCUT2D eigenvalue weighted by molar-refractivity contribution is 7.74. The second kappa shape index (κ2) is 4.25. The van der Waals surface area contributed by atoms with Gasteiger partial charge in [-0.05, 0) is 30.7 Å². The van der Waals surface area contributed by atoms with Gasteiger partial charge in [-0.3, -0.25) is 4.55 Å². The number of hydrogen-bond acceptors (Lipinski definition) is 3. The van der Waals surface area contributed by atoms with Gasteiger partial charge in [-0.2, -0.15) is 4.21 Å². The average molecular weight is 201 g/mol. The molecule has 1 aromatic carbocycles. The molecule has 4 nitrogen and oxygen atoms in total. The van der Waals surface area contributed by atoms with E-state index in [-0.39, 0.29) is 0 Å². The average Bonchev–Trinajstić information content (AvgIpc) is 2.08. The lowest BCUT2D eigenvalue weighted by atomic mass is 10.2. The second-order valence-corrected chi connectivity index (χ2v) is 3.13. The van der Waals surface area contributed by atoms with E-state index in [1.807, 2.05) is 13.0 Å². The van der Waals surface area contributed by atoms with Crippen molar-refractivity contribution in [3.63, 3.8) is 0 Å². The maximum Gasteiger partial charge on any atom is 0.357 e. The first-order valence-corrected chi connectivity index (χ1v) is 4.74. The van der Waals surface area contributed by atoms with Crippen molar-refractivity contribution in [3.8, 4) is 5.75 Å². The summed E-state index contributed by atoms with van der Waals surface area (Å²) in [5.74, 6) is 0.417. The Bertz CT molecular complexity index is 327. The molecule has 0 aromatic heterocycles. The van der Waals surface area contributed by atoms with Crippen molar-refractivity contribution in [2.45, 2.75) is 6.92 Å². The monoisotopic (exact) mass is 201 g/mol. The van der Waals surface area contributed by atoms with Crippen LogP contribution in [-0.2, 0) is 11.4 Å². The van der Waals surface area contributed by atoms with E-state index in [2.05, 4.69) is 9.50 Å². The van der Waals surface area contributed by atoms with Crippen LogP contribution in [0.2, 0.25) is 0 Å². The summed E-state index contributed by atoms with van der Waals surface area (Å²) in [6, 6.07) is 5.26. The van der Waals surface area contributed by atoms with Crippen LogP contribution in [0.15, 0.2) is 18.2 Å². The SMILES string of the molecule is CNc1ccc(OS(=O)O)c(C)c1. The fraction of sp³-hybridized carbons (Fsp3) is 0.250. The van der Waals surface area contributed by atoms with Crippen molar-refractivity contribution >= 4 is 17.0 Å². The lowest BCUT2D eigenvalue weighted by Crippen LogP contribution is -1.99.